The number of hydrogen-bond donors (Lipinski definition) is 1. The van der Waals surface area contributed by atoms with Gasteiger partial charge in [-0.25, -0.2) is 13.2 Å². The Bertz CT molecular complexity index is 379. The zero-order valence-corrected chi connectivity index (χ0v) is 14.6. The fraction of sp³-hybridized carbons (Fsp3) is 0.933. The van der Waals surface area contributed by atoms with E-state index in [1.807, 2.05) is 0 Å². The molecule has 0 aliphatic carbocycles. The molecule has 0 amide bonds. The van der Waals surface area contributed by atoms with E-state index in [0.717, 1.165) is 26.2 Å². The lowest BCUT2D eigenvalue weighted by atomic mass is 10.1. The highest BCUT2D eigenvalue weighted by atomic mass is 32.3. The molecule has 6 nitrogen and oxygen atoms in total. The van der Waals surface area contributed by atoms with E-state index < -0.39 is 22.5 Å². The van der Waals surface area contributed by atoms with Crippen molar-refractivity contribution in [1.82, 2.24) is 0 Å². The van der Waals surface area contributed by atoms with Crippen molar-refractivity contribution >= 4 is 16.4 Å². The molecule has 0 aromatic rings. The molecule has 22 heavy (non-hydrogen) atoms. The molecule has 1 atom stereocenters. The molecule has 0 fully saturated rings. The van der Waals surface area contributed by atoms with Crippen LogP contribution < -0.4 is 0 Å². The summed E-state index contributed by atoms with van der Waals surface area (Å²) in [5.74, 6) is -1.34. The second kappa shape index (κ2) is 12.8. The first-order valence-corrected chi connectivity index (χ1v) is 9.53. The summed E-state index contributed by atoms with van der Waals surface area (Å²) in [6, 6.07) is 0. The Morgan fingerprint density at radius 2 is 1.41 bits per heavy atom. The Hall–Kier alpha value is -0.660. The third-order valence-electron chi connectivity index (χ3n) is 3.34. The standard InChI is InChI=1S/C15H30O6S/c1-3-4-5-6-7-8-9-10-11-12-13-20-22(18,19)21-14(2)15(16)17/h14H,3-13H2,1-2H3,(H,16,17). The van der Waals surface area contributed by atoms with Crippen LogP contribution in [0.5, 0.6) is 0 Å². The lowest BCUT2D eigenvalue weighted by Gasteiger charge is -2.08. The molecular formula is C15H30O6S. The molecule has 132 valence electrons. The summed E-state index contributed by atoms with van der Waals surface area (Å²) in [5.41, 5.74) is 0. The average molecular weight is 338 g/mol. The number of aliphatic carboxylic acids is 1. The molecule has 0 aliphatic rings. The van der Waals surface area contributed by atoms with E-state index in [-0.39, 0.29) is 6.61 Å². The second-order valence-corrected chi connectivity index (χ2v) is 6.73. The highest BCUT2D eigenvalue weighted by Crippen LogP contribution is 2.11. The summed E-state index contributed by atoms with van der Waals surface area (Å²) >= 11 is 0. The molecule has 1 unspecified atom stereocenters. The van der Waals surface area contributed by atoms with Gasteiger partial charge in [-0.3, -0.25) is 0 Å². The van der Waals surface area contributed by atoms with Crippen LogP contribution in [-0.4, -0.2) is 32.2 Å². The van der Waals surface area contributed by atoms with Crippen LogP contribution >= 0.6 is 0 Å². The van der Waals surface area contributed by atoms with E-state index in [4.69, 9.17) is 5.11 Å². The zero-order chi connectivity index (χ0) is 16.8. The lowest BCUT2D eigenvalue weighted by molar-refractivity contribution is -0.144. The summed E-state index contributed by atoms with van der Waals surface area (Å²) in [5, 5.41) is 8.56. The van der Waals surface area contributed by atoms with Gasteiger partial charge in [-0.05, 0) is 13.3 Å². The van der Waals surface area contributed by atoms with Crippen molar-refractivity contribution in [3.63, 3.8) is 0 Å². The number of carbonyl (C=O) groups is 1. The Morgan fingerprint density at radius 3 is 1.86 bits per heavy atom. The molecule has 7 heteroatoms. The van der Waals surface area contributed by atoms with Gasteiger partial charge in [0.25, 0.3) is 0 Å². The second-order valence-electron chi connectivity index (χ2n) is 5.49. The summed E-state index contributed by atoms with van der Waals surface area (Å²) in [6.45, 7) is 3.38. The number of carboxylic acid groups (broad SMARTS) is 1. The maximum atomic E-state index is 11.3. The minimum Gasteiger partial charge on any atom is -0.479 e. The summed E-state index contributed by atoms with van der Waals surface area (Å²) in [6.07, 6.45) is 10.00. The molecule has 0 radical (unpaired) electrons. The highest BCUT2D eigenvalue weighted by molar-refractivity contribution is 7.81. The maximum Gasteiger partial charge on any atom is 0.400 e. The molecule has 0 aromatic carbocycles. The molecular weight excluding hydrogens is 308 g/mol. The van der Waals surface area contributed by atoms with Gasteiger partial charge in [-0.2, -0.15) is 8.42 Å². The van der Waals surface area contributed by atoms with Gasteiger partial charge in [0.05, 0.1) is 6.61 Å². The number of unbranched alkanes of at least 4 members (excludes halogenated alkanes) is 9. The van der Waals surface area contributed by atoms with Gasteiger partial charge in [0.15, 0.2) is 6.10 Å². The fourth-order valence-corrected chi connectivity index (χ4v) is 2.81. The van der Waals surface area contributed by atoms with Crippen LogP contribution in [0.4, 0.5) is 0 Å². The van der Waals surface area contributed by atoms with Crippen LogP contribution in [0.3, 0.4) is 0 Å². The molecule has 0 spiro atoms. The Labute approximate surface area is 134 Å². The molecule has 0 heterocycles. The van der Waals surface area contributed by atoms with Crippen molar-refractivity contribution < 1.29 is 26.7 Å². The fourth-order valence-electron chi connectivity index (χ4n) is 2.00. The van der Waals surface area contributed by atoms with Gasteiger partial charge in [-0.1, -0.05) is 64.7 Å². The van der Waals surface area contributed by atoms with Crippen molar-refractivity contribution in [1.29, 1.82) is 0 Å². The van der Waals surface area contributed by atoms with E-state index in [2.05, 4.69) is 15.3 Å². The lowest BCUT2D eigenvalue weighted by Crippen LogP contribution is -2.25. The number of rotatable bonds is 15. The van der Waals surface area contributed by atoms with Crippen LogP contribution in [0.15, 0.2) is 0 Å². The minimum atomic E-state index is -4.22. The minimum absolute atomic E-state index is 0.0329. The third-order valence-corrected chi connectivity index (χ3v) is 4.32. The first kappa shape index (κ1) is 21.3. The molecule has 0 saturated carbocycles. The molecule has 0 saturated heterocycles. The highest BCUT2D eigenvalue weighted by Gasteiger charge is 2.21. The monoisotopic (exact) mass is 338 g/mol. The first-order chi connectivity index (χ1) is 10.4. The summed E-state index contributed by atoms with van der Waals surface area (Å²) in [7, 11) is -4.22. The van der Waals surface area contributed by atoms with Gasteiger partial charge < -0.3 is 5.11 Å². The number of hydrogen-bond acceptors (Lipinski definition) is 5. The van der Waals surface area contributed by atoms with E-state index in [0.29, 0.717) is 6.42 Å². The molecule has 0 aliphatic heterocycles. The Kier molecular flexibility index (Phi) is 12.5. The van der Waals surface area contributed by atoms with Crippen molar-refractivity contribution in [2.45, 2.75) is 84.2 Å². The van der Waals surface area contributed by atoms with Gasteiger partial charge in [-0.15, -0.1) is 0 Å². The molecule has 0 bridgehead atoms. The maximum absolute atomic E-state index is 11.3. The largest absolute Gasteiger partial charge is 0.479 e. The van der Waals surface area contributed by atoms with Crippen molar-refractivity contribution in [2.24, 2.45) is 0 Å². The van der Waals surface area contributed by atoms with Crippen molar-refractivity contribution in [2.75, 3.05) is 6.61 Å². The molecule has 0 aromatic heterocycles. The van der Waals surface area contributed by atoms with Gasteiger partial charge in [0.1, 0.15) is 0 Å². The van der Waals surface area contributed by atoms with E-state index in [9.17, 15) is 13.2 Å². The summed E-state index contributed by atoms with van der Waals surface area (Å²) in [4.78, 5) is 10.5. The van der Waals surface area contributed by atoms with Crippen LogP contribution in [0, 0.1) is 0 Å². The van der Waals surface area contributed by atoms with Crippen LogP contribution in [0.1, 0.15) is 78.1 Å². The van der Waals surface area contributed by atoms with Gasteiger partial charge in [0.2, 0.25) is 0 Å². The van der Waals surface area contributed by atoms with Crippen molar-refractivity contribution in [3.8, 4) is 0 Å². The topological polar surface area (TPSA) is 89.9 Å². The Morgan fingerprint density at radius 1 is 0.955 bits per heavy atom. The third kappa shape index (κ3) is 13.0. The summed E-state index contributed by atoms with van der Waals surface area (Å²) < 4.78 is 31.5. The van der Waals surface area contributed by atoms with E-state index in [1.165, 1.54) is 38.5 Å². The van der Waals surface area contributed by atoms with Crippen molar-refractivity contribution in [3.05, 3.63) is 0 Å². The molecule has 1 N–H and O–H groups in total. The van der Waals surface area contributed by atoms with E-state index in [1.54, 1.807) is 0 Å². The normalized spacial score (nSPS) is 13.2. The van der Waals surface area contributed by atoms with Crippen LogP contribution in [0.2, 0.25) is 0 Å². The predicted molar refractivity (Wildman–Crippen MR) is 84.9 cm³/mol. The van der Waals surface area contributed by atoms with Gasteiger partial charge in [0, 0.05) is 0 Å². The zero-order valence-electron chi connectivity index (χ0n) is 13.8. The quantitative estimate of drug-likeness (QED) is 0.458. The van der Waals surface area contributed by atoms with Crippen LogP contribution in [-0.2, 0) is 23.6 Å². The first-order valence-electron chi connectivity index (χ1n) is 8.19. The number of carboxylic acids is 1. The predicted octanol–water partition coefficient (Wildman–Crippen LogP) is 3.66. The molecule has 0 rings (SSSR count). The Balaban J connectivity index is 3.47. The average Bonchev–Trinajstić information content (AvgIpc) is 2.44. The SMILES string of the molecule is CCCCCCCCCCCCOS(=O)(=O)OC(C)C(=O)O. The van der Waals surface area contributed by atoms with Gasteiger partial charge >= 0.3 is 16.4 Å². The van der Waals surface area contributed by atoms with E-state index >= 15 is 0 Å². The van der Waals surface area contributed by atoms with Crippen LogP contribution in [0.25, 0.3) is 0 Å². The smallest absolute Gasteiger partial charge is 0.400 e.